The molecule has 1 atom stereocenters. The Morgan fingerprint density at radius 3 is 2.56 bits per heavy atom. The molecule has 9 heteroatoms. The number of rotatable bonds is 5. The lowest BCUT2D eigenvalue weighted by Crippen LogP contribution is -2.49. The van der Waals surface area contributed by atoms with E-state index in [1.807, 2.05) is 29.2 Å². The van der Waals surface area contributed by atoms with Gasteiger partial charge in [-0.1, -0.05) is 23.2 Å². The van der Waals surface area contributed by atoms with Crippen molar-refractivity contribution < 1.29 is 9.53 Å². The first-order valence-corrected chi connectivity index (χ1v) is 9.18. The summed E-state index contributed by atoms with van der Waals surface area (Å²) in [7, 11) is 1.59. The van der Waals surface area contributed by atoms with Crippen molar-refractivity contribution in [1.29, 1.82) is 5.26 Å². The van der Waals surface area contributed by atoms with Crippen molar-refractivity contribution in [3.05, 3.63) is 39.6 Å². The lowest BCUT2D eigenvalue weighted by molar-refractivity contribution is -0.116. The Labute approximate surface area is 167 Å². The molecular weight excluding hydrogens is 389 g/mol. The topological polar surface area (TPSA) is 74.4 Å². The van der Waals surface area contributed by atoms with Crippen LogP contribution in [0, 0.1) is 18.3 Å². The second-order valence-electron chi connectivity index (χ2n) is 6.20. The molecule has 0 aliphatic carbocycles. The van der Waals surface area contributed by atoms with Crippen LogP contribution in [0.25, 0.3) is 0 Å². The molecule has 0 N–H and O–H groups in total. The highest BCUT2D eigenvalue weighted by Gasteiger charge is 2.28. The van der Waals surface area contributed by atoms with Gasteiger partial charge in [0.25, 0.3) is 0 Å². The van der Waals surface area contributed by atoms with Crippen molar-refractivity contribution in [3.8, 4) is 11.8 Å². The van der Waals surface area contributed by atoms with Crippen LogP contribution in [0.15, 0.2) is 18.2 Å². The predicted octanol–water partition coefficient (Wildman–Crippen LogP) is 2.90. The number of anilines is 1. The molecule has 0 saturated carbocycles. The molecule has 27 heavy (non-hydrogen) atoms. The number of piperazine rings is 1. The van der Waals surface area contributed by atoms with Gasteiger partial charge in [-0.2, -0.15) is 10.4 Å². The third-order valence-electron chi connectivity index (χ3n) is 4.74. The van der Waals surface area contributed by atoms with Crippen LogP contribution in [0.4, 0.5) is 5.69 Å². The van der Waals surface area contributed by atoms with E-state index in [4.69, 9.17) is 33.2 Å². The summed E-state index contributed by atoms with van der Waals surface area (Å²) in [5, 5.41) is 14.2. The highest BCUT2D eigenvalue weighted by molar-refractivity contribution is 6.32. The van der Waals surface area contributed by atoms with Crippen molar-refractivity contribution in [2.24, 2.45) is 0 Å². The molecule has 1 aliphatic rings. The first-order valence-electron chi connectivity index (χ1n) is 8.42. The summed E-state index contributed by atoms with van der Waals surface area (Å²) in [5.74, 6) is 0.633. The number of carbonyl (C=O) groups is 1. The van der Waals surface area contributed by atoms with Crippen LogP contribution in [0.2, 0.25) is 10.0 Å². The molecule has 1 fully saturated rings. The zero-order valence-electron chi connectivity index (χ0n) is 15.0. The Balaban J connectivity index is 1.74. The van der Waals surface area contributed by atoms with Gasteiger partial charge in [0.05, 0.1) is 22.8 Å². The molecule has 1 saturated heterocycles. The molecule has 2 heterocycles. The number of aldehydes is 1. The SMILES string of the molecule is COc1cc(N2CCN(C(C=O)n3nc(C#N)c(Cl)c3C)CC2)ccc1Cl. The Kier molecular flexibility index (Phi) is 5.90. The molecule has 1 aromatic heterocycles. The van der Waals surface area contributed by atoms with Crippen molar-refractivity contribution in [1.82, 2.24) is 14.7 Å². The fourth-order valence-corrected chi connectivity index (χ4v) is 3.58. The van der Waals surface area contributed by atoms with Crippen molar-refractivity contribution in [3.63, 3.8) is 0 Å². The fraction of sp³-hybridized carbons (Fsp3) is 0.389. The van der Waals surface area contributed by atoms with E-state index in [9.17, 15) is 4.79 Å². The standard InChI is InChI=1S/C18H19Cl2N5O2/c1-12-18(20)15(10-21)22-25(12)17(11-26)24-7-5-23(6-8-24)13-3-4-14(19)16(9-13)27-2/h3-4,9,11,17H,5-8H2,1-2H3. The largest absolute Gasteiger partial charge is 0.495 e. The van der Waals surface area contributed by atoms with E-state index in [0.717, 1.165) is 25.1 Å². The third-order valence-corrected chi connectivity index (χ3v) is 5.51. The minimum Gasteiger partial charge on any atom is -0.495 e. The Hall–Kier alpha value is -2.27. The smallest absolute Gasteiger partial charge is 0.181 e. The molecule has 3 rings (SSSR count). The molecule has 1 aromatic carbocycles. The summed E-state index contributed by atoms with van der Waals surface area (Å²) in [6.07, 6.45) is 0.241. The number of halogens is 2. The molecule has 7 nitrogen and oxygen atoms in total. The maximum absolute atomic E-state index is 11.8. The van der Waals surface area contributed by atoms with Crippen molar-refractivity contribution in [2.75, 3.05) is 38.2 Å². The van der Waals surface area contributed by atoms with Crippen LogP contribution in [-0.4, -0.2) is 54.3 Å². The summed E-state index contributed by atoms with van der Waals surface area (Å²) in [6, 6.07) is 7.63. The van der Waals surface area contributed by atoms with E-state index in [1.165, 1.54) is 4.68 Å². The average molecular weight is 408 g/mol. The number of nitriles is 1. The van der Waals surface area contributed by atoms with Gasteiger partial charge in [-0.3, -0.25) is 9.69 Å². The van der Waals surface area contributed by atoms with Gasteiger partial charge < -0.3 is 9.64 Å². The van der Waals surface area contributed by atoms with Crippen LogP contribution in [0.5, 0.6) is 5.75 Å². The lowest BCUT2D eigenvalue weighted by Gasteiger charge is -2.38. The molecule has 142 valence electrons. The number of benzene rings is 1. The Bertz CT molecular complexity index is 885. The van der Waals surface area contributed by atoms with Gasteiger partial charge in [0, 0.05) is 37.9 Å². The molecular formula is C18H19Cl2N5O2. The summed E-state index contributed by atoms with van der Waals surface area (Å²) in [4.78, 5) is 16.0. The summed E-state index contributed by atoms with van der Waals surface area (Å²) < 4.78 is 6.81. The minimum absolute atomic E-state index is 0.132. The number of ether oxygens (including phenoxy) is 1. The normalized spacial score (nSPS) is 16.0. The van der Waals surface area contributed by atoms with E-state index in [2.05, 4.69) is 10.00 Å². The van der Waals surface area contributed by atoms with Gasteiger partial charge in [-0.15, -0.1) is 0 Å². The molecule has 1 aliphatic heterocycles. The first-order chi connectivity index (χ1) is 13.0. The summed E-state index contributed by atoms with van der Waals surface area (Å²) in [5.41, 5.74) is 1.76. The zero-order valence-corrected chi connectivity index (χ0v) is 16.5. The highest BCUT2D eigenvalue weighted by atomic mass is 35.5. The number of carbonyl (C=O) groups excluding carboxylic acids is 1. The monoisotopic (exact) mass is 407 g/mol. The minimum atomic E-state index is -0.591. The Morgan fingerprint density at radius 1 is 1.30 bits per heavy atom. The second-order valence-corrected chi connectivity index (χ2v) is 6.98. The average Bonchev–Trinajstić information content (AvgIpc) is 2.98. The second kappa shape index (κ2) is 8.17. The number of hydrogen-bond donors (Lipinski definition) is 0. The quantitative estimate of drug-likeness (QED) is 0.709. The lowest BCUT2D eigenvalue weighted by atomic mass is 10.2. The van der Waals surface area contributed by atoms with Gasteiger partial charge in [-0.25, -0.2) is 4.68 Å². The fourth-order valence-electron chi connectivity index (χ4n) is 3.22. The first kappa shape index (κ1) is 19.5. The van der Waals surface area contributed by atoms with E-state index in [1.54, 1.807) is 14.0 Å². The van der Waals surface area contributed by atoms with Crippen LogP contribution in [0.3, 0.4) is 0 Å². The summed E-state index contributed by atoms with van der Waals surface area (Å²) >= 11 is 12.2. The number of nitrogens with zero attached hydrogens (tertiary/aromatic N) is 5. The van der Waals surface area contributed by atoms with Gasteiger partial charge in [0.15, 0.2) is 18.1 Å². The van der Waals surface area contributed by atoms with Gasteiger partial charge >= 0.3 is 0 Å². The third kappa shape index (κ3) is 3.74. The molecule has 1 unspecified atom stereocenters. The van der Waals surface area contributed by atoms with Crippen LogP contribution in [0.1, 0.15) is 17.6 Å². The Morgan fingerprint density at radius 2 is 2.00 bits per heavy atom. The highest BCUT2D eigenvalue weighted by Crippen LogP contribution is 2.30. The number of aromatic nitrogens is 2. The molecule has 0 spiro atoms. The van der Waals surface area contributed by atoms with E-state index >= 15 is 0 Å². The maximum atomic E-state index is 11.8. The summed E-state index contributed by atoms with van der Waals surface area (Å²) in [6.45, 7) is 4.53. The van der Waals surface area contributed by atoms with Crippen LogP contribution < -0.4 is 9.64 Å². The van der Waals surface area contributed by atoms with Gasteiger partial charge in [-0.05, 0) is 19.1 Å². The number of hydrogen-bond acceptors (Lipinski definition) is 6. The van der Waals surface area contributed by atoms with Gasteiger partial charge in [0.1, 0.15) is 11.8 Å². The van der Waals surface area contributed by atoms with Crippen LogP contribution in [-0.2, 0) is 4.79 Å². The van der Waals surface area contributed by atoms with Crippen molar-refractivity contribution >= 4 is 35.2 Å². The van der Waals surface area contributed by atoms with Crippen LogP contribution >= 0.6 is 23.2 Å². The van der Waals surface area contributed by atoms with E-state index < -0.39 is 6.17 Å². The van der Waals surface area contributed by atoms with E-state index in [-0.39, 0.29) is 10.7 Å². The molecule has 0 amide bonds. The molecule has 2 aromatic rings. The van der Waals surface area contributed by atoms with Crippen molar-refractivity contribution in [2.45, 2.75) is 13.1 Å². The van der Waals surface area contributed by atoms with Gasteiger partial charge in [0.2, 0.25) is 0 Å². The molecule has 0 radical (unpaired) electrons. The zero-order chi connectivity index (χ0) is 19.6. The van der Waals surface area contributed by atoms with E-state index in [0.29, 0.717) is 29.6 Å². The maximum Gasteiger partial charge on any atom is 0.181 e. The number of methoxy groups -OCH3 is 1. The predicted molar refractivity (Wildman–Crippen MR) is 104 cm³/mol. The molecule has 0 bridgehead atoms.